The molecule has 0 spiro atoms. The zero-order valence-electron chi connectivity index (χ0n) is 16.9. The highest BCUT2D eigenvalue weighted by molar-refractivity contribution is 5.89. The van der Waals surface area contributed by atoms with Crippen LogP contribution >= 0.6 is 0 Å². The molecule has 0 aliphatic carbocycles. The summed E-state index contributed by atoms with van der Waals surface area (Å²) in [6.07, 6.45) is 4.48. The van der Waals surface area contributed by atoms with Gasteiger partial charge < -0.3 is 20.1 Å². The number of pyridine rings is 1. The molecule has 0 radical (unpaired) electrons. The number of aromatic nitrogens is 1. The molecule has 0 saturated carbocycles. The summed E-state index contributed by atoms with van der Waals surface area (Å²) in [5.41, 5.74) is 2.55. The maximum Gasteiger partial charge on any atom is 0.321 e. The van der Waals surface area contributed by atoms with E-state index in [0.717, 1.165) is 30.4 Å². The van der Waals surface area contributed by atoms with Crippen LogP contribution in [0.25, 0.3) is 0 Å². The predicted molar refractivity (Wildman–Crippen MR) is 110 cm³/mol. The van der Waals surface area contributed by atoms with Gasteiger partial charge in [0.05, 0.1) is 6.61 Å². The van der Waals surface area contributed by atoms with E-state index in [0.29, 0.717) is 30.4 Å². The topological polar surface area (TPSA) is 74.7 Å². The lowest BCUT2D eigenvalue weighted by atomic mass is 9.83. The van der Waals surface area contributed by atoms with Gasteiger partial charge in [0, 0.05) is 42.5 Å². The van der Waals surface area contributed by atoms with Gasteiger partial charge in [-0.1, -0.05) is 19.4 Å². The van der Waals surface area contributed by atoms with Gasteiger partial charge in [-0.3, -0.25) is 0 Å². The Labute approximate surface area is 166 Å². The number of urea groups is 1. The second-order valence-corrected chi connectivity index (χ2v) is 7.76. The first-order chi connectivity index (χ1) is 13.4. The Morgan fingerprint density at radius 3 is 2.86 bits per heavy atom. The van der Waals surface area contributed by atoms with E-state index in [-0.39, 0.29) is 18.1 Å². The van der Waals surface area contributed by atoms with Crippen LogP contribution in [0.5, 0.6) is 11.6 Å². The van der Waals surface area contributed by atoms with Crippen molar-refractivity contribution in [2.24, 2.45) is 5.41 Å². The lowest BCUT2D eigenvalue weighted by Crippen LogP contribution is -2.36. The number of ether oxygens (including phenoxy) is 1. The number of aryl methyl sites for hydroxylation is 2. The van der Waals surface area contributed by atoms with Crippen LogP contribution in [0, 0.1) is 19.3 Å². The number of nitrogens with one attached hydrogen (secondary N) is 1. The average molecular weight is 383 g/mol. The summed E-state index contributed by atoms with van der Waals surface area (Å²) in [4.78, 5) is 18.7. The first kappa shape index (κ1) is 20.1. The first-order valence-corrected chi connectivity index (χ1v) is 9.83. The van der Waals surface area contributed by atoms with Crippen molar-refractivity contribution in [3.05, 3.63) is 47.7 Å². The van der Waals surface area contributed by atoms with E-state index in [1.165, 1.54) is 0 Å². The van der Waals surface area contributed by atoms with E-state index in [1.807, 2.05) is 44.2 Å². The molecule has 2 N–H and O–H groups in total. The van der Waals surface area contributed by atoms with Gasteiger partial charge in [0.1, 0.15) is 5.75 Å². The number of carbonyl (C=O) groups excluding carboxylic acids is 1. The molecule has 1 aromatic heterocycles. The van der Waals surface area contributed by atoms with E-state index in [4.69, 9.17) is 4.74 Å². The van der Waals surface area contributed by atoms with Crippen LogP contribution in [0.2, 0.25) is 0 Å². The highest BCUT2D eigenvalue weighted by atomic mass is 16.5. The molecule has 1 aliphatic heterocycles. The van der Waals surface area contributed by atoms with Gasteiger partial charge in [-0.25, -0.2) is 9.78 Å². The second kappa shape index (κ2) is 8.61. The molecular weight excluding hydrogens is 354 g/mol. The maximum atomic E-state index is 12.7. The van der Waals surface area contributed by atoms with Gasteiger partial charge in [0.2, 0.25) is 5.88 Å². The largest absolute Gasteiger partial charge is 0.439 e. The normalized spacial score (nSPS) is 18.9. The Morgan fingerprint density at radius 2 is 2.14 bits per heavy atom. The molecular formula is C22H29N3O3. The summed E-state index contributed by atoms with van der Waals surface area (Å²) < 4.78 is 5.91. The van der Waals surface area contributed by atoms with Gasteiger partial charge in [-0.05, 0) is 49.9 Å². The highest BCUT2D eigenvalue weighted by Gasteiger charge is 2.38. The summed E-state index contributed by atoms with van der Waals surface area (Å²) in [5.74, 6) is 1.19. The molecule has 0 bridgehead atoms. The van der Waals surface area contributed by atoms with Crippen molar-refractivity contribution in [3.63, 3.8) is 0 Å². The van der Waals surface area contributed by atoms with Gasteiger partial charge in [-0.2, -0.15) is 0 Å². The third kappa shape index (κ3) is 4.62. The fraction of sp³-hybridized carbons (Fsp3) is 0.455. The fourth-order valence-corrected chi connectivity index (χ4v) is 3.72. The monoisotopic (exact) mass is 383 g/mol. The predicted octanol–water partition coefficient (Wildman–Crippen LogP) is 4.51. The van der Waals surface area contributed by atoms with E-state index < -0.39 is 0 Å². The van der Waals surface area contributed by atoms with E-state index in [2.05, 4.69) is 17.2 Å². The molecule has 6 heteroatoms. The van der Waals surface area contributed by atoms with Crippen molar-refractivity contribution in [3.8, 4) is 11.6 Å². The fourth-order valence-electron chi connectivity index (χ4n) is 3.72. The van der Waals surface area contributed by atoms with Crippen LogP contribution in [0.15, 0.2) is 36.5 Å². The van der Waals surface area contributed by atoms with Gasteiger partial charge >= 0.3 is 6.03 Å². The quantitative estimate of drug-likeness (QED) is 0.770. The molecule has 2 aromatic rings. The average Bonchev–Trinajstić information content (AvgIpc) is 3.10. The van der Waals surface area contributed by atoms with Crippen molar-refractivity contribution in [2.75, 3.05) is 25.0 Å². The van der Waals surface area contributed by atoms with Crippen LogP contribution in [0.3, 0.4) is 0 Å². The second-order valence-electron chi connectivity index (χ2n) is 7.76. The summed E-state index contributed by atoms with van der Waals surface area (Å²) in [5, 5.41) is 12.7. The van der Waals surface area contributed by atoms with Crippen LogP contribution in [-0.2, 0) is 0 Å². The number of aliphatic hydroxyl groups is 1. The number of amides is 2. The van der Waals surface area contributed by atoms with Crippen molar-refractivity contribution in [2.45, 2.75) is 40.0 Å². The third-order valence-corrected chi connectivity index (χ3v) is 5.39. The molecule has 150 valence electrons. The molecule has 6 nitrogen and oxygen atoms in total. The zero-order valence-corrected chi connectivity index (χ0v) is 16.9. The van der Waals surface area contributed by atoms with Gasteiger partial charge in [0.25, 0.3) is 0 Å². The molecule has 2 heterocycles. The number of nitrogens with zero attached hydrogens (tertiary/aromatic N) is 2. The van der Waals surface area contributed by atoms with Crippen molar-refractivity contribution in [1.29, 1.82) is 0 Å². The molecule has 1 fully saturated rings. The van der Waals surface area contributed by atoms with Crippen LogP contribution in [-0.4, -0.2) is 40.7 Å². The van der Waals surface area contributed by atoms with E-state index >= 15 is 0 Å². The van der Waals surface area contributed by atoms with Gasteiger partial charge in [0.15, 0.2) is 0 Å². The molecule has 2 amide bonds. The summed E-state index contributed by atoms with van der Waals surface area (Å²) in [7, 11) is 0. The minimum atomic E-state index is -0.162. The lowest BCUT2D eigenvalue weighted by molar-refractivity contribution is 0.122. The number of carbonyl (C=O) groups is 1. The number of rotatable bonds is 6. The standard InChI is InChI=1S/C22H29N3O3/c1-4-8-22(15-26)9-11-25(14-22)21(27)24-18-6-5-17(3)19(13-18)28-20-12-16(2)7-10-23-20/h5-7,10,12-13,26H,4,8-9,11,14-15H2,1-3H3,(H,24,27). The highest BCUT2D eigenvalue weighted by Crippen LogP contribution is 2.35. The molecule has 28 heavy (non-hydrogen) atoms. The molecule has 1 saturated heterocycles. The van der Waals surface area contributed by atoms with Crippen molar-refractivity contribution >= 4 is 11.7 Å². The summed E-state index contributed by atoms with van der Waals surface area (Å²) >= 11 is 0. The number of anilines is 1. The number of hydrogen-bond donors (Lipinski definition) is 2. The number of benzene rings is 1. The molecule has 1 aliphatic rings. The van der Waals surface area contributed by atoms with Crippen LogP contribution < -0.4 is 10.1 Å². The minimum Gasteiger partial charge on any atom is -0.439 e. The zero-order chi connectivity index (χ0) is 20.1. The van der Waals surface area contributed by atoms with Crippen LogP contribution in [0.1, 0.15) is 37.3 Å². The Morgan fingerprint density at radius 1 is 1.32 bits per heavy atom. The van der Waals surface area contributed by atoms with Crippen molar-refractivity contribution in [1.82, 2.24) is 9.88 Å². The number of hydrogen-bond acceptors (Lipinski definition) is 4. The molecule has 1 aromatic carbocycles. The number of likely N-dealkylation sites (tertiary alicyclic amines) is 1. The number of aliphatic hydroxyl groups excluding tert-OH is 1. The molecule has 1 atom stereocenters. The SMILES string of the molecule is CCCC1(CO)CCN(C(=O)Nc2ccc(C)c(Oc3cc(C)ccn3)c2)C1. The smallest absolute Gasteiger partial charge is 0.321 e. The summed E-state index contributed by atoms with van der Waals surface area (Å²) in [6.45, 7) is 7.42. The van der Waals surface area contributed by atoms with E-state index in [9.17, 15) is 9.90 Å². The Hall–Kier alpha value is -2.60. The Bertz CT molecular complexity index is 840. The maximum absolute atomic E-state index is 12.7. The lowest BCUT2D eigenvalue weighted by Gasteiger charge is -2.26. The van der Waals surface area contributed by atoms with Gasteiger partial charge in [-0.15, -0.1) is 0 Å². The van der Waals surface area contributed by atoms with E-state index in [1.54, 1.807) is 11.1 Å². The molecule has 3 rings (SSSR count). The third-order valence-electron chi connectivity index (χ3n) is 5.39. The summed E-state index contributed by atoms with van der Waals surface area (Å²) in [6, 6.07) is 9.24. The Kier molecular flexibility index (Phi) is 6.19. The van der Waals surface area contributed by atoms with Crippen molar-refractivity contribution < 1.29 is 14.6 Å². The minimum absolute atomic E-state index is 0.122. The first-order valence-electron chi connectivity index (χ1n) is 9.83. The molecule has 1 unspecified atom stereocenters. The van der Waals surface area contributed by atoms with Crippen LogP contribution in [0.4, 0.5) is 10.5 Å². The Balaban J connectivity index is 1.68.